The number of anilines is 1. The molecule has 0 spiro atoms. The summed E-state index contributed by atoms with van der Waals surface area (Å²) < 4.78 is 42.9. The van der Waals surface area contributed by atoms with Crippen LogP contribution in [0.5, 0.6) is 0 Å². The SMILES string of the molecule is Cc1cnc(-c2cccn3c(-c4cccc(F)c4F)ncc23)nc1C(=O)Nc1ccc(F)cc1. The number of aromatic nitrogens is 4. The third-order valence-corrected chi connectivity index (χ3v) is 5.29. The largest absolute Gasteiger partial charge is 0.321 e. The highest BCUT2D eigenvalue weighted by atomic mass is 19.2. The quantitative estimate of drug-likeness (QED) is 0.389. The van der Waals surface area contributed by atoms with Gasteiger partial charge in [0.05, 0.1) is 17.3 Å². The molecule has 1 N–H and O–H groups in total. The van der Waals surface area contributed by atoms with Gasteiger partial charge in [-0.05, 0) is 61.0 Å². The maximum absolute atomic E-state index is 14.4. The first kappa shape index (κ1) is 21.3. The molecule has 0 saturated heterocycles. The molecule has 2 aromatic carbocycles. The summed E-state index contributed by atoms with van der Waals surface area (Å²) in [6.45, 7) is 1.70. The number of carbonyl (C=O) groups is 1. The fraction of sp³-hybridized carbons (Fsp3) is 0.0400. The second-order valence-corrected chi connectivity index (χ2v) is 7.55. The number of benzene rings is 2. The van der Waals surface area contributed by atoms with Crippen LogP contribution in [-0.4, -0.2) is 25.3 Å². The Morgan fingerprint density at radius 3 is 2.47 bits per heavy atom. The summed E-state index contributed by atoms with van der Waals surface area (Å²) in [6, 6.07) is 12.7. The third-order valence-electron chi connectivity index (χ3n) is 5.29. The second-order valence-electron chi connectivity index (χ2n) is 7.55. The van der Waals surface area contributed by atoms with Crippen molar-refractivity contribution >= 4 is 17.1 Å². The minimum Gasteiger partial charge on any atom is -0.321 e. The molecule has 3 aromatic heterocycles. The first-order valence-corrected chi connectivity index (χ1v) is 10.2. The van der Waals surface area contributed by atoms with Crippen molar-refractivity contribution in [1.29, 1.82) is 0 Å². The number of nitrogens with one attached hydrogen (secondary N) is 1. The molecule has 0 aliphatic heterocycles. The Hall–Kier alpha value is -4.53. The van der Waals surface area contributed by atoms with Gasteiger partial charge in [-0.2, -0.15) is 0 Å². The molecule has 5 aromatic rings. The van der Waals surface area contributed by atoms with Gasteiger partial charge in [0, 0.05) is 23.6 Å². The predicted octanol–water partition coefficient (Wildman–Crippen LogP) is 5.44. The van der Waals surface area contributed by atoms with Crippen molar-refractivity contribution in [3.8, 4) is 22.8 Å². The number of rotatable bonds is 4. The van der Waals surface area contributed by atoms with E-state index in [4.69, 9.17) is 0 Å². The minimum absolute atomic E-state index is 0.0151. The summed E-state index contributed by atoms with van der Waals surface area (Å²) in [5.41, 5.74) is 2.23. The number of carbonyl (C=O) groups excluding carboxylic acids is 1. The van der Waals surface area contributed by atoms with Crippen LogP contribution in [0.1, 0.15) is 16.1 Å². The molecule has 0 unspecified atom stereocenters. The summed E-state index contributed by atoms with van der Waals surface area (Å²) in [5, 5.41) is 2.69. The molecule has 168 valence electrons. The van der Waals surface area contributed by atoms with E-state index in [-0.39, 0.29) is 22.9 Å². The molecule has 0 atom stereocenters. The van der Waals surface area contributed by atoms with Gasteiger partial charge in [0.25, 0.3) is 5.91 Å². The van der Waals surface area contributed by atoms with E-state index in [9.17, 15) is 18.0 Å². The number of imidazole rings is 1. The average molecular weight is 459 g/mol. The summed E-state index contributed by atoms with van der Waals surface area (Å²) in [6.07, 6.45) is 4.70. The molecule has 0 radical (unpaired) electrons. The van der Waals surface area contributed by atoms with Gasteiger partial charge < -0.3 is 5.32 Å². The molecular weight excluding hydrogens is 443 g/mol. The van der Waals surface area contributed by atoms with E-state index >= 15 is 0 Å². The number of amides is 1. The first-order chi connectivity index (χ1) is 16.4. The highest BCUT2D eigenvalue weighted by Crippen LogP contribution is 2.29. The van der Waals surface area contributed by atoms with Gasteiger partial charge in [0.1, 0.15) is 17.3 Å². The Morgan fingerprint density at radius 2 is 1.68 bits per heavy atom. The van der Waals surface area contributed by atoms with E-state index in [2.05, 4.69) is 20.3 Å². The van der Waals surface area contributed by atoms with Gasteiger partial charge in [-0.15, -0.1) is 0 Å². The van der Waals surface area contributed by atoms with Crippen molar-refractivity contribution in [3.63, 3.8) is 0 Å². The summed E-state index contributed by atoms with van der Waals surface area (Å²) in [5.74, 6) is -2.38. The van der Waals surface area contributed by atoms with Crippen LogP contribution >= 0.6 is 0 Å². The first-order valence-electron chi connectivity index (χ1n) is 10.2. The number of hydrogen-bond donors (Lipinski definition) is 1. The summed E-state index contributed by atoms with van der Waals surface area (Å²) in [4.78, 5) is 25.9. The fourth-order valence-electron chi connectivity index (χ4n) is 3.61. The maximum Gasteiger partial charge on any atom is 0.274 e. The van der Waals surface area contributed by atoms with E-state index in [1.54, 1.807) is 29.7 Å². The Bertz CT molecular complexity index is 1550. The van der Waals surface area contributed by atoms with Crippen molar-refractivity contribution in [1.82, 2.24) is 19.4 Å². The lowest BCUT2D eigenvalue weighted by Gasteiger charge is -2.10. The molecule has 1 amide bonds. The van der Waals surface area contributed by atoms with Gasteiger partial charge in [-0.3, -0.25) is 9.20 Å². The zero-order valence-electron chi connectivity index (χ0n) is 17.8. The van der Waals surface area contributed by atoms with Crippen LogP contribution < -0.4 is 5.32 Å². The number of fused-ring (bicyclic) bond motifs is 1. The van der Waals surface area contributed by atoms with Crippen LogP contribution in [0.3, 0.4) is 0 Å². The maximum atomic E-state index is 14.4. The van der Waals surface area contributed by atoms with Gasteiger partial charge in [-0.1, -0.05) is 6.07 Å². The normalized spacial score (nSPS) is 11.1. The van der Waals surface area contributed by atoms with Crippen molar-refractivity contribution in [2.75, 3.05) is 5.32 Å². The van der Waals surface area contributed by atoms with Gasteiger partial charge in [-0.25, -0.2) is 28.1 Å². The Kier molecular flexibility index (Phi) is 5.29. The molecule has 34 heavy (non-hydrogen) atoms. The Labute approximate surface area is 191 Å². The smallest absolute Gasteiger partial charge is 0.274 e. The lowest BCUT2D eigenvalue weighted by molar-refractivity contribution is 0.102. The van der Waals surface area contributed by atoms with Crippen LogP contribution in [0, 0.1) is 24.4 Å². The van der Waals surface area contributed by atoms with E-state index in [1.807, 2.05) is 0 Å². The van der Waals surface area contributed by atoms with Crippen molar-refractivity contribution in [2.24, 2.45) is 0 Å². The molecule has 0 saturated carbocycles. The van der Waals surface area contributed by atoms with E-state index in [0.29, 0.717) is 22.3 Å². The lowest BCUT2D eigenvalue weighted by Crippen LogP contribution is -2.16. The van der Waals surface area contributed by atoms with Crippen LogP contribution in [0.15, 0.2) is 73.2 Å². The number of nitrogens with zero attached hydrogens (tertiary/aromatic N) is 4. The number of aryl methyl sites for hydroxylation is 1. The minimum atomic E-state index is -0.994. The van der Waals surface area contributed by atoms with E-state index in [0.717, 1.165) is 6.07 Å². The van der Waals surface area contributed by atoms with Gasteiger partial charge in [0.2, 0.25) is 0 Å². The predicted molar refractivity (Wildman–Crippen MR) is 121 cm³/mol. The molecule has 3 heterocycles. The lowest BCUT2D eigenvalue weighted by atomic mass is 10.1. The summed E-state index contributed by atoms with van der Waals surface area (Å²) in [7, 11) is 0. The third kappa shape index (κ3) is 3.77. The number of pyridine rings is 1. The molecule has 0 aliphatic carbocycles. The second kappa shape index (κ2) is 8.43. The zero-order valence-corrected chi connectivity index (χ0v) is 17.8. The molecule has 0 bridgehead atoms. The topological polar surface area (TPSA) is 72.2 Å². The molecule has 0 aliphatic rings. The summed E-state index contributed by atoms with van der Waals surface area (Å²) >= 11 is 0. The highest BCUT2D eigenvalue weighted by Gasteiger charge is 2.19. The van der Waals surface area contributed by atoms with Crippen LogP contribution in [0.25, 0.3) is 28.3 Å². The van der Waals surface area contributed by atoms with E-state index < -0.39 is 23.4 Å². The fourth-order valence-corrected chi connectivity index (χ4v) is 3.61. The molecule has 6 nitrogen and oxygen atoms in total. The van der Waals surface area contributed by atoms with Crippen molar-refractivity contribution < 1.29 is 18.0 Å². The van der Waals surface area contributed by atoms with Crippen molar-refractivity contribution in [2.45, 2.75) is 6.92 Å². The van der Waals surface area contributed by atoms with Crippen molar-refractivity contribution in [3.05, 3.63) is 102 Å². The Morgan fingerprint density at radius 1 is 0.912 bits per heavy atom. The number of hydrogen-bond acceptors (Lipinski definition) is 4. The van der Waals surface area contributed by atoms with E-state index in [1.165, 1.54) is 48.8 Å². The number of halogens is 3. The van der Waals surface area contributed by atoms with Gasteiger partial charge in [0.15, 0.2) is 17.5 Å². The molecule has 9 heteroatoms. The van der Waals surface area contributed by atoms with Crippen LogP contribution in [-0.2, 0) is 0 Å². The average Bonchev–Trinajstić information content (AvgIpc) is 3.27. The molecule has 5 rings (SSSR count). The van der Waals surface area contributed by atoms with Crippen LogP contribution in [0.2, 0.25) is 0 Å². The standard InChI is InChI=1S/C25H16F3N5O/c1-14-12-29-23(32-22(14)25(34)31-16-9-7-15(26)8-10-16)17-5-3-11-33-20(17)13-30-24(33)18-4-2-6-19(27)21(18)28/h2-13H,1H3,(H,31,34). The zero-order chi connectivity index (χ0) is 23.8. The monoisotopic (exact) mass is 459 g/mol. The van der Waals surface area contributed by atoms with Gasteiger partial charge >= 0.3 is 0 Å². The highest BCUT2D eigenvalue weighted by molar-refractivity contribution is 6.04. The van der Waals surface area contributed by atoms with Crippen LogP contribution in [0.4, 0.5) is 18.9 Å². The molecular formula is C25H16F3N5O. The molecule has 0 fully saturated rings. The Balaban J connectivity index is 1.55.